The first kappa shape index (κ1) is 14.3. The van der Waals surface area contributed by atoms with Gasteiger partial charge in [0.25, 0.3) is 0 Å². The van der Waals surface area contributed by atoms with Gasteiger partial charge in [-0.25, -0.2) is 4.98 Å². The summed E-state index contributed by atoms with van der Waals surface area (Å²) in [5.41, 5.74) is 13.3. The zero-order valence-electron chi connectivity index (χ0n) is 13.8. The van der Waals surface area contributed by atoms with Crippen LogP contribution in [-0.2, 0) is 6.42 Å². The van der Waals surface area contributed by atoms with Crippen LogP contribution in [0.25, 0.3) is 22.3 Å². The van der Waals surface area contributed by atoms with Crippen LogP contribution in [0, 0.1) is 6.92 Å². The number of aryl methyl sites for hydroxylation is 2. The summed E-state index contributed by atoms with van der Waals surface area (Å²) in [7, 11) is 0. The Morgan fingerprint density at radius 1 is 1.22 bits per heavy atom. The van der Waals surface area contributed by atoms with Gasteiger partial charge in [-0.05, 0) is 44.2 Å². The van der Waals surface area contributed by atoms with Crippen molar-refractivity contribution in [1.29, 1.82) is 0 Å². The van der Waals surface area contributed by atoms with E-state index >= 15 is 0 Å². The van der Waals surface area contributed by atoms with E-state index in [0.717, 1.165) is 28.8 Å². The summed E-state index contributed by atoms with van der Waals surface area (Å²) < 4.78 is 2.39. The number of nitrogen functional groups attached to an aromatic ring is 1. The average Bonchev–Trinajstić information content (AvgIpc) is 2.79. The Morgan fingerprint density at radius 2 is 1.96 bits per heavy atom. The quantitative estimate of drug-likeness (QED) is 0.749. The largest absolute Gasteiger partial charge is 0.396 e. The molecule has 23 heavy (non-hydrogen) atoms. The number of nitrogens with zero attached hydrogens (tertiary/aromatic N) is 2. The van der Waals surface area contributed by atoms with Crippen molar-refractivity contribution in [3.8, 4) is 11.3 Å². The van der Waals surface area contributed by atoms with Gasteiger partial charge in [0.1, 0.15) is 5.65 Å². The Hall–Kier alpha value is -2.29. The molecule has 0 unspecified atom stereocenters. The molecule has 3 heteroatoms. The van der Waals surface area contributed by atoms with Crippen molar-refractivity contribution in [2.45, 2.75) is 45.6 Å². The van der Waals surface area contributed by atoms with Gasteiger partial charge < -0.3 is 10.3 Å². The van der Waals surface area contributed by atoms with Gasteiger partial charge in [0.05, 0.1) is 11.4 Å². The molecule has 0 saturated heterocycles. The van der Waals surface area contributed by atoms with E-state index in [1.54, 1.807) is 0 Å². The molecule has 1 saturated carbocycles. The third-order valence-electron chi connectivity index (χ3n) is 5.11. The Balaban J connectivity index is 2.00. The van der Waals surface area contributed by atoms with Crippen LogP contribution in [0.2, 0.25) is 0 Å². The molecule has 1 aromatic carbocycles. The zero-order chi connectivity index (χ0) is 16.0. The Kier molecular flexibility index (Phi) is 3.37. The smallest absolute Gasteiger partial charge is 0.142 e. The van der Waals surface area contributed by atoms with E-state index in [0.29, 0.717) is 6.04 Å². The lowest BCUT2D eigenvalue weighted by Crippen LogP contribution is -2.18. The van der Waals surface area contributed by atoms with Crippen LogP contribution < -0.4 is 5.73 Å². The molecule has 0 spiro atoms. The van der Waals surface area contributed by atoms with Gasteiger partial charge in [-0.15, -0.1) is 0 Å². The maximum atomic E-state index is 6.59. The number of nitrogens with two attached hydrogens (primary N) is 1. The molecular formula is C20H23N3. The van der Waals surface area contributed by atoms with Gasteiger partial charge in [0, 0.05) is 23.2 Å². The molecule has 0 aliphatic heterocycles. The fourth-order valence-corrected chi connectivity index (χ4v) is 3.45. The van der Waals surface area contributed by atoms with E-state index in [1.807, 2.05) is 6.20 Å². The monoisotopic (exact) mass is 305 g/mol. The molecule has 0 amide bonds. The first-order chi connectivity index (χ1) is 11.2. The minimum absolute atomic E-state index is 0.533. The Bertz CT molecular complexity index is 855. The molecule has 1 aliphatic rings. The summed E-state index contributed by atoms with van der Waals surface area (Å²) in [6.07, 6.45) is 6.72. The van der Waals surface area contributed by atoms with Crippen LogP contribution in [0.4, 0.5) is 5.69 Å². The summed E-state index contributed by atoms with van der Waals surface area (Å²) >= 11 is 0. The van der Waals surface area contributed by atoms with E-state index in [9.17, 15) is 0 Å². The highest BCUT2D eigenvalue weighted by Gasteiger charge is 2.27. The Labute approximate surface area is 137 Å². The normalized spacial score (nSPS) is 15.0. The number of rotatable bonds is 3. The van der Waals surface area contributed by atoms with Crippen LogP contribution in [0.5, 0.6) is 0 Å². The first-order valence-electron chi connectivity index (χ1n) is 8.54. The van der Waals surface area contributed by atoms with Crippen molar-refractivity contribution in [3.05, 3.63) is 47.7 Å². The third kappa shape index (κ3) is 2.23. The van der Waals surface area contributed by atoms with Gasteiger partial charge in [-0.2, -0.15) is 0 Å². The van der Waals surface area contributed by atoms with Crippen molar-refractivity contribution in [3.63, 3.8) is 0 Å². The fraction of sp³-hybridized carbons (Fsp3) is 0.350. The summed E-state index contributed by atoms with van der Waals surface area (Å²) in [6, 6.07) is 11.4. The fourth-order valence-electron chi connectivity index (χ4n) is 3.45. The highest BCUT2D eigenvalue weighted by atomic mass is 15.1. The summed E-state index contributed by atoms with van der Waals surface area (Å²) in [4.78, 5) is 4.76. The SMILES string of the molecule is CCc1cnc2c(c1)c(N)c(-c1ccc(C)cc1)n2C1CCC1. The number of hydrogen-bond donors (Lipinski definition) is 1. The summed E-state index contributed by atoms with van der Waals surface area (Å²) in [5.74, 6) is 0. The number of benzene rings is 1. The van der Waals surface area contributed by atoms with Crippen LogP contribution in [0.15, 0.2) is 36.5 Å². The number of pyridine rings is 1. The topological polar surface area (TPSA) is 43.8 Å². The van der Waals surface area contributed by atoms with Crippen molar-refractivity contribution >= 4 is 16.7 Å². The minimum atomic E-state index is 0.533. The molecule has 4 rings (SSSR count). The zero-order valence-corrected chi connectivity index (χ0v) is 13.8. The molecule has 2 heterocycles. The van der Waals surface area contributed by atoms with E-state index in [4.69, 9.17) is 10.7 Å². The van der Waals surface area contributed by atoms with Gasteiger partial charge >= 0.3 is 0 Å². The molecule has 118 valence electrons. The second-order valence-electron chi connectivity index (χ2n) is 6.65. The summed E-state index contributed by atoms with van der Waals surface area (Å²) in [5, 5.41) is 1.10. The molecule has 0 atom stereocenters. The average molecular weight is 305 g/mol. The van der Waals surface area contributed by atoms with Gasteiger partial charge in [-0.1, -0.05) is 36.8 Å². The van der Waals surface area contributed by atoms with Crippen LogP contribution in [0.3, 0.4) is 0 Å². The minimum Gasteiger partial charge on any atom is -0.396 e. The van der Waals surface area contributed by atoms with Crippen molar-refractivity contribution in [1.82, 2.24) is 9.55 Å². The molecule has 3 nitrogen and oxygen atoms in total. The number of aromatic nitrogens is 2. The van der Waals surface area contributed by atoms with Crippen LogP contribution in [0.1, 0.15) is 43.4 Å². The molecule has 0 bridgehead atoms. The molecule has 3 aromatic rings. The summed E-state index contributed by atoms with van der Waals surface area (Å²) in [6.45, 7) is 4.27. The molecule has 0 radical (unpaired) electrons. The van der Waals surface area contributed by atoms with Gasteiger partial charge in [0.2, 0.25) is 0 Å². The van der Waals surface area contributed by atoms with Crippen molar-refractivity contribution < 1.29 is 0 Å². The molecule has 2 N–H and O–H groups in total. The second kappa shape index (κ2) is 5.41. The van der Waals surface area contributed by atoms with E-state index in [1.165, 1.54) is 36.0 Å². The highest BCUT2D eigenvalue weighted by Crippen LogP contribution is 2.43. The molecule has 2 aromatic heterocycles. The predicted octanol–water partition coefficient (Wildman–Crippen LogP) is 4.88. The van der Waals surface area contributed by atoms with Crippen molar-refractivity contribution in [2.24, 2.45) is 0 Å². The maximum absolute atomic E-state index is 6.59. The number of hydrogen-bond acceptors (Lipinski definition) is 2. The highest BCUT2D eigenvalue weighted by molar-refractivity contribution is 5.99. The number of fused-ring (bicyclic) bond motifs is 1. The lowest BCUT2D eigenvalue weighted by molar-refractivity contribution is 0.323. The van der Waals surface area contributed by atoms with E-state index in [2.05, 4.69) is 48.7 Å². The van der Waals surface area contributed by atoms with Crippen LogP contribution >= 0.6 is 0 Å². The van der Waals surface area contributed by atoms with E-state index < -0.39 is 0 Å². The lowest BCUT2D eigenvalue weighted by atomic mass is 9.92. The van der Waals surface area contributed by atoms with Gasteiger partial charge in [-0.3, -0.25) is 0 Å². The predicted molar refractivity (Wildman–Crippen MR) is 96.6 cm³/mol. The standard InChI is InChI=1S/C20H23N3/c1-3-14-11-17-18(21)19(15-9-7-13(2)8-10-15)23(16-5-4-6-16)20(17)22-12-14/h7-12,16H,3-6,21H2,1-2H3. The Morgan fingerprint density at radius 3 is 2.57 bits per heavy atom. The van der Waals surface area contributed by atoms with Crippen LogP contribution in [-0.4, -0.2) is 9.55 Å². The molecular weight excluding hydrogens is 282 g/mol. The third-order valence-corrected chi connectivity index (χ3v) is 5.11. The maximum Gasteiger partial charge on any atom is 0.142 e. The second-order valence-corrected chi connectivity index (χ2v) is 6.65. The van der Waals surface area contributed by atoms with E-state index in [-0.39, 0.29) is 0 Å². The first-order valence-corrected chi connectivity index (χ1v) is 8.54. The lowest BCUT2D eigenvalue weighted by Gasteiger charge is -2.29. The molecule has 1 fully saturated rings. The molecule has 1 aliphatic carbocycles. The number of anilines is 1. The van der Waals surface area contributed by atoms with Crippen molar-refractivity contribution in [2.75, 3.05) is 5.73 Å². The van der Waals surface area contributed by atoms with Gasteiger partial charge in [0.15, 0.2) is 0 Å².